The molecule has 3 aliphatic carbocycles. The number of rotatable bonds is 3. The number of para-hydroxylation sites is 2. The Morgan fingerprint density at radius 2 is 1.31 bits per heavy atom. The van der Waals surface area contributed by atoms with Crippen molar-refractivity contribution in [2.24, 2.45) is 0 Å². The maximum Gasteiger partial charge on any atom is 0.134 e. The number of aromatic nitrogens is 2. The van der Waals surface area contributed by atoms with E-state index in [1.54, 1.807) is 0 Å². The van der Waals surface area contributed by atoms with Crippen molar-refractivity contribution in [1.82, 2.24) is 9.13 Å². The van der Waals surface area contributed by atoms with Crippen LogP contribution in [0.1, 0.15) is 48.3 Å². The normalized spacial score (nSPS) is 16.0. The second kappa shape index (κ2) is 9.61. The van der Waals surface area contributed by atoms with Crippen molar-refractivity contribution in [3.63, 3.8) is 0 Å². The molecule has 0 saturated carbocycles. The first-order chi connectivity index (χ1) is 22.3. The zero-order valence-electron chi connectivity index (χ0n) is 25.1. The topological polar surface area (TPSA) is 23.0 Å². The van der Waals surface area contributed by atoms with Gasteiger partial charge in [0.25, 0.3) is 0 Å². The van der Waals surface area contributed by atoms with Gasteiger partial charge < -0.3 is 13.6 Å². The van der Waals surface area contributed by atoms with E-state index in [9.17, 15) is 0 Å². The molecule has 0 unspecified atom stereocenters. The Balaban J connectivity index is 1.12. The van der Waals surface area contributed by atoms with Crippen LogP contribution in [-0.4, -0.2) is 9.13 Å². The van der Waals surface area contributed by atoms with E-state index >= 15 is 0 Å². The maximum atomic E-state index is 6.46. The third-order valence-electron chi connectivity index (χ3n) is 10.2. The number of hydrogen-bond acceptors (Lipinski definition) is 1. The van der Waals surface area contributed by atoms with Gasteiger partial charge in [0, 0.05) is 50.6 Å². The molecule has 7 aromatic rings. The second-order valence-corrected chi connectivity index (χ2v) is 12.7. The Labute approximate surface area is 261 Å². The molecule has 3 nitrogen and oxygen atoms in total. The smallest absolute Gasteiger partial charge is 0.134 e. The highest BCUT2D eigenvalue weighted by Crippen LogP contribution is 2.42. The van der Waals surface area contributed by atoms with Crippen LogP contribution in [0.3, 0.4) is 0 Å². The molecule has 3 heteroatoms. The fourth-order valence-electron chi connectivity index (χ4n) is 8.08. The van der Waals surface area contributed by atoms with Gasteiger partial charge in [0.15, 0.2) is 0 Å². The highest BCUT2D eigenvalue weighted by atomic mass is 16.3. The van der Waals surface area contributed by atoms with Crippen LogP contribution in [-0.2, 0) is 12.8 Å². The van der Waals surface area contributed by atoms with E-state index in [4.69, 9.17) is 4.42 Å². The SMILES string of the molecule is C1=CCCC(n2c3c(c4cc(-c5ccc6oc7c(c6c5)C=C(n5c6ccccc6c6ccccc65)CC7)ccc42)CCC=C3)=C1. The average molecular weight is 581 g/mol. The molecule has 0 bridgehead atoms. The van der Waals surface area contributed by atoms with Crippen LogP contribution >= 0.6 is 0 Å². The fourth-order valence-corrected chi connectivity index (χ4v) is 8.08. The van der Waals surface area contributed by atoms with Crippen LogP contribution in [0.5, 0.6) is 0 Å². The van der Waals surface area contributed by atoms with Gasteiger partial charge in [0.1, 0.15) is 11.3 Å². The molecular formula is C42H32N2O. The lowest BCUT2D eigenvalue weighted by Gasteiger charge is -2.16. The minimum atomic E-state index is 0.899. The van der Waals surface area contributed by atoms with Crippen molar-refractivity contribution in [3.8, 4) is 11.1 Å². The van der Waals surface area contributed by atoms with E-state index in [1.807, 2.05) is 0 Å². The fraction of sp³-hybridized carbons (Fsp3) is 0.143. The van der Waals surface area contributed by atoms with E-state index in [2.05, 4.69) is 131 Å². The number of nitrogens with zero attached hydrogens (tertiary/aromatic N) is 2. The van der Waals surface area contributed by atoms with Gasteiger partial charge in [-0.3, -0.25) is 0 Å². The van der Waals surface area contributed by atoms with E-state index in [1.165, 1.54) is 77.4 Å². The molecule has 3 aliphatic rings. The van der Waals surface area contributed by atoms with Crippen LogP contribution in [0.15, 0.2) is 114 Å². The molecule has 0 aliphatic heterocycles. The number of hydrogen-bond donors (Lipinski definition) is 0. The Hall–Kier alpha value is -5.28. The first kappa shape index (κ1) is 25.1. The first-order valence-electron chi connectivity index (χ1n) is 16.3. The van der Waals surface area contributed by atoms with Gasteiger partial charge in [0.2, 0.25) is 0 Å². The molecule has 0 radical (unpaired) electrons. The van der Waals surface area contributed by atoms with Gasteiger partial charge in [-0.1, -0.05) is 66.8 Å². The van der Waals surface area contributed by atoms with Gasteiger partial charge in [-0.25, -0.2) is 0 Å². The van der Waals surface area contributed by atoms with Crippen LogP contribution in [0.4, 0.5) is 0 Å². The van der Waals surface area contributed by atoms with Gasteiger partial charge >= 0.3 is 0 Å². The van der Waals surface area contributed by atoms with Crippen molar-refractivity contribution in [2.45, 2.75) is 38.5 Å². The zero-order valence-corrected chi connectivity index (χ0v) is 25.1. The zero-order chi connectivity index (χ0) is 29.5. The lowest BCUT2D eigenvalue weighted by Crippen LogP contribution is -2.03. The molecule has 0 N–H and O–H groups in total. The minimum Gasteiger partial charge on any atom is -0.460 e. The molecular weight excluding hydrogens is 548 g/mol. The van der Waals surface area contributed by atoms with E-state index in [0.717, 1.165) is 49.9 Å². The number of allylic oxidation sites excluding steroid dienone is 6. The summed E-state index contributed by atoms with van der Waals surface area (Å²) in [7, 11) is 0. The molecule has 0 amide bonds. The monoisotopic (exact) mass is 580 g/mol. The molecule has 0 spiro atoms. The van der Waals surface area contributed by atoms with Crippen LogP contribution in [0, 0.1) is 0 Å². The van der Waals surface area contributed by atoms with Crippen LogP contribution < -0.4 is 0 Å². The lowest BCUT2D eigenvalue weighted by molar-refractivity contribution is 0.546. The number of benzene rings is 4. The average Bonchev–Trinajstić information content (AvgIpc) is 3.75. The molecule has 0 atom stereocenters. The van der Waals surface area contributed by atoms with Crippen LogP contribution in [0.2, 0.25) is 0 Å². The van der Waals surface area contributed by atoms with E-state index in [-0.39, 0.29) is 0 Å². The molecule has 3 aromatic heterocycles. The van der Waals surface area contributed by atoms with Gasteiger partial charge in [-0.05, 0) is 103 Å². The molecule has 45 heavy (non-hydrogen) atoms. The summed E-state index contributed by atoms with van der Waals surface area (Å²) in [5, 5.41) is 5.18. The van der Waals surface area contributed by atoms with Crippen molar-refractivity contribution in [1.29, 1.82) is 0 Å². The van der Waals surface area contributed by atoms with Gasteiger partial charge in [-0.2, -0.15) is 0 Å². The Morgan fingerprint density at radius 3 is 2.11 bits per heavy atom. The Bertz CT molecular complexity index is 2430. The lowest BCUT2D eigenvalue weighted by atomic mass is 9.95. The van der Waals surface area contributed by atoms with Crippen molar-refractivity contribution in [3.05, 3.63) is 132 Å². The largest absolute Gasteiger partial charge is 0.460 e. The summed E-state index contributed by atoms with van der Waals surface area (Å²) in [5.74, 6) is 1.09. The Kier molecular flexibility index (Phi) is 5.36. The number of furan rings is 1. The summed E-state index contributed by atoms with van der Waals surface area (Å²) in [4.78, 5) is 0. The van der Waals surface area contributed by atoms with Crippen LogP contribution in [0.25, 0.3) is 78.4 Å². The van der Waals surface area contributed by atoms with E-state index < -0.39 is 0 Å². The highest BCUT2D eigenvalue weighted by Gasteiger charge is 2.23. The summed E-state index contributed by atoms with van der Waals surface area (Å²) in [6, 6.07) is 31.4. The quantitative estimate of drug-likeness (QED) is 0.204. The summed E-state index contributed by atoms with van der Waals surface area (Å²) in [6.07, 6.45) is 20.0. The Morgan fingerprint density at radius 1 is 0.578 bits per heavy atom. The highest BCUT2D eigenvalue weighted by molar-refractivity contribution is 6.11. The summed E-state index contributed by atoms with van der Waals surface area (Å²) in [5.41, 5.74) is 14.1. The molecule has 10 rings (SSSR count). The second-order valence-electron chi connectivity index (χ2n) is 12.7. The predicted molar refractivity (Wildman–Crippen MR) is 189 cm³/mol. The summed E-state index contributed by atoms with van der Waals surface area (Å²) < 4.78 is 11.4. The van der Waals surface area contributed by atoms with Crippen molar-refractivity contribution in [2.75, 3.05) is 0 Å². The molecule has 4 aromatic carbocycles. The standard InChI is InChI=1S/C42H32N2O/c1-2-10-29(11-3-1)43-39-17-9-6-14-33(39)34-24-27(18-21-40(34)43)28-19-22-41-35(25-28)36-26-30(20-23-42(36)45-41)44-37-15-7-4-12-31(37)32-13-5-8-16-38(32)44/h1-2,4-5,7-10,12-13,15-19,21-22,24-26H,3,6,11,14,20,23H2. The van der Waals surface area contributed by atoms with Gasteiger partial charge in [0.05, 0.1) is 16.6 Å². The minimum absolute atomic E-state index is 0.899. The first-order valence-corrected chi connectivity index (χ1v) is 16.3. The maximum absolute atomic E-state index is 6.46. The molecule has 3 heterocycles. The predicted octanol–water partition coefficient (Wildman–Crippen LogP) is 11.3. The summed E-state index contributed by atoms with van der Waals surface area (Å²) in [6.45, 7) is 0. The third kappa shape index (κ3) is 3.70. The molecule has 216 valence electrons. The molecule has 0 saturated heterocycles. The third-order valence-corrected chi connectivity index (χ3v) is 10.2. The van der Waals surface area contributed by atoms with Gasteiger partial charge in [-0.15, -0.1) is 0 Å². The molecule has 0 fully saturated rings. The van der Waals surface area contributed by atoms with E-state index in [0.29, 0.717) is 0 Å². The van der Waals surface area contributed by atoms with Crippen molar-refractivity contribution < 1.29 is 4.42 Å². The summed E-state index contributed by atoms with van der Waals surface area (Å²) >= 11 is 0. The van der Waals surface area contributed by atoms with Crippen molar-refractivity contribution >= 4 is 67.2 Å². The number of fused-ring (bicyclic) bond motifs is 9. The number of aryl methyl sites for hydroxylation is 2.